The highest BCUT2D eigenvalue weighted by molar-refractivity contribution is 5.36. The number of ether oxygens (including phenoxy) is 3. The van der Waals surface area contributed by atoms with Crippen LogP contribution in [0.4, 0.5) is 0 Å². The van der Waals surface area contributed by atoms with Gasteiger partial charge in [0.1, 0.15) is 23.9 Å². The molecule has 0 heterocycles. The Morgan fingerprint density at radius 1 is 0.900 bits per heavy atom. The van der Waals surface area contributed by atoms with Gasteiger partial charge in [-0.3, -0.25) is 0 Å². The van der Waals surface area contributed by atoms with Gasteiger partial charge in [-0.2, -0.15) is 0 Å². The molecule has 0 saturated carbocycles. The third-order valence-electron chi connectivity index (χ3n) is 3.03. The van der Waals surface area contributed by atoms with Crippen LogP contribution < -0.4 is 19.9 Å². The molecule has 0 aliphatic heterocycles. The van der Waals surface area contributed by atoms with Crippen molar-refractivity contribution in [2.75, 3.05) is 20.8 Å². The molecule has 2 aromatic rings. The molecule has 106 valence electrons. The zero-order valence-electron chi connectivity index (χ0n) is 11.7. The van der Waals surface area contributed by atoms with Crippen LogP contribution in [0.1, 0.15) is 11.6 Å². The van der Waals surface area contributed by atoms with Gasteiger partial charge in [0.25, 0.3) is 0 Å². The topological polar surface area (TPSA) is 53.7 Å². The van der Waals surface area contributed by atoms with Crippen LogP contribution in [-0.2, 0) is 0 Å². The Hall–Kier alpha value is -2.20. The number of benzene rings is 2. The Labute approximate surface area is 119 Å². The van der Waals surface area contributed by atoms with Crippen LogP contribution in [0.15, 0.2) is 48.5 Å². The summed E-state index contributed by atoms with van der Waals surface area (Å²) in [5, 5.41) is 0. The molecular formula is C16H19NO3. The molecule has 0 aromatic heterocycles. The van der Waals surface area contributed by atoms with Crippen molar-refractivity contribution in [2.45, 2.75) is 6.04 Å². The normalized spacial score (nSPS) is 11.8. The van der Waals surface area contributed by atoms with Gasteiger partial charge in [-0.25, -0.2) is 0 Å². The molecule has 0 fully saturated rings. The van der Waals surface area contributed by atoms with Gasteiger partial charge in [0.05, 0.1) is 20.3 Å². The minimum absolute atomic E-state index is 0.242. The molecule has 2 aromatic carbocycles. The van der Waals surface area contributed by atoms with Gasteiger partial charge in [-0.1, -0.05) is 18.2 Å². The standard InChI is InChI=1S/C16H19NO3/c1-18-12-7-9-13(10-8-12)20-11-15(17)14-5-3-4-6-16(14)19-2/h3-10,15H,11,17H2,1-2H3. The second kappa shape index (κ2) is 6.82. The molecule has 20 heavy (non-hydrogen) atoms. The Morgan fingerprint density at radius 2 is 1.55 bits per heavy atom. The summed E-state index contributed by atoms with van der Waals surface area (Å²) in [4.78, 5) is 0. The Morgan fingerprint density at radius 3 is 2.20 bits per heavy atom. The lowest BCUT2D eigenvalue weighted by molar-refractivity contribution is 0.286. The van der Waals surface area contributed by atoms with Crippen molar-refractivity contribution < 1.29 is 14.2 Å². The first kappa shape index (κ1) is 14.2. The zero-order valence-corrected chi connectivity index (χ0v) is 11.7. The van der Waals surface area contributed by atoms with Crippen LogP contribution in [-0.4, -0.2) is 20.8 Å². The van der Waals surface area contributed by atoms with Crippen molar-refractivity contribution in [2.24, 2.45) is 5.73 Å². The molecule has 4 nitrogen and oxygen atoms in total. The van der Waals surface area contributed by atoms with Crippen LogP contribution in [0.3, 0.4) is 0 Å². The van der Waals surface area contributed by atoms with Gasteiger partial charge >= 0.3 is 0 Å². The molecule has 1 unspecified atom stereocenters. The van der Waals surface area contributed by atoms with Crippen molar-refractivity contribution in [3.8, 4) is 17.2 Å². The quantitative estimate of drug-likeness (QED) is 0.879. The molecule has 4 heteroatoms. The fourth-order valence-corrected chi connectivity index (χ4v) is 1.92. The predicted octanol–water partition coefficient (Wildman–Crippen LogP) is 2.78. The summed E-state index contributed by atoms with van der Waals surface area (Å²) in [6.07, 6.45) is 0. The van der Waals surface area contributed by atoms with E-state index in [-0.39, 0.29) is 6.04 Å². The minimum atomic E-state index is -0.242. The first-order valence-electron chi connectivity index (χ1n) is 6.40. The first-order chi connectivity index (χ1) is 9.74. The van der Waals surface area contributed by atoms with Gasteiger partial charge in [0.2, 0.25) is 0 Å². The summed E-state index contributed by atoms with van der Waals surface area (Å²) < 4.78 is 16.1. The van der Waals surface area contributed by atoms with E-state index in [9.17, 15) is 0 Å². The molecule has 0 saturated heterocycles. The second-order valence-corrected chi connectivity index (χ2v) is 4.33. The fourth-order valence-electron chi connectivity index (χ4n) is 1.92. The Kier molecular flexibility index (Phi) is 4.85. The number of hydrogen-bond acceptors (Lipinski definition) is 4. The van der Waals surface area contributed by atoms with Crippen molar-refractivity contribution in [3.05, 3.63) is 54.1 Å². The van der Waals surface area contributed by atoms with Crippen LogP contribution >= 0.6 is 0 Å². The number of hydrogen-bond donors (Lipinski definition) is 1. The smallest absolute Gasteiger partial charge is 0.123 e. The summed E-state index contributed by atoms with van der Waals surface area (Å²) in [6, 6.07) is 14.9. The van der Waals surface area contributed by atoms with Crippen LogP contribution in [0.5, 0.6) is 17.2 Å². The van der Waals surface area contributed by atoms with Crippen molar-refractivity contribution in [3.63, 3.8) is 0 Å². The van der Waals surface area contributed by atoms with Gasteiger partial charge in [0, 0.05) is 5.56 Å². The summed E-state index contributed by atoms with van der Waals surface area (Å²) >= 11 is 0. The molecule has 0 aliphatic rings. The van der Waals surface area contributed by atoms with Crippen molar-refractivity contribution in [1.82, 2.24) is 0 Å². The maximum atomic E-state index is 6.15. The van der Waals surface area contributed by atoms with Crippen LogP contribution in [0.25, 0.3) is 0 Å². The highest BCUT2D eigenvalue weighted by Crippen LogP contribution is 2.24. The van der Waals surface area contributed by atoms with E-state index in [1.165, 1.54) is 0 Å². The second-order valence-electron chi connectivity index (χ2n) is 4.33. The predicted molar refractivity (Wildman–Crippen MR) is 78.4 cm³/mol. The summed E-state index contributed by atoms with van der Waals surface area (Å²) in [5.74, 6) is 2.33. The van der Waals surface area contributed by atoms with E-state index in [0.717, 1.165) is 22.8 Å². The third kappa shape index (κ3) is 3.42. The third-order valence-corrected chi connectivity index (χ3v) is 3.03. The monoisotopic (exact) mass is 273 g/mol. The van der Waals surface area contributed by atoms with E-state index in [4.69, 9.17) is 19.9 Å². The lowest BCUT2D eigenvalue weighted by Gasteiger charge is -2.16. The van der Waals surface area contributed by atoms with Crippen molar-refractivity contribution in [1.29, 1.82) is 0 Å². The molecule has 0 aliphatic carbocycles. The fraction of sp³-hybridized carbons (Fsp3) is 0.250. The van der Waals surface area contributed by atoms with E-state index in [2.05, 4.69) is 0 Å². The minimum Gasteiger partial charge on any atom is -0.497 e. The molecule has 2 N–H and O–H groups in total. The van der Waals surface area contributed by atoms with Gasteiger partial charge in [-0.05, 0) is 30.3 Å². The van der Waals surface area contributed by atoms with Crippen LogP contribution in [0.2, 0.25) is 0 Å². The Bertz CT molecular complexity index is 540. The lowest BCUT2D eigenvalue weighted by Crippen LogP contribution is -2.19. The van der Waals surface area contributed by atoms with E-state index in [0.29, 0.717) is 6.61 Å². The molecule has 0 radical (unpaired) electrons. The highest BCUT2D eigenvalue weighted by atomic mass is 16.5. The molecular weight excluding hydrogens is 254 g/mol. The number of methoxy groups -OCH3 is 2. The number of rotatable bonds is 6. The van der Waals surface area contributed by atoms with E-state index >= 15 is 0 Å². The van der Waals surface area contributed by atoms with Gasteiger partial charge in [-0.15, -0.1) is 0 Å². The summed E-state index contributed by atoms with van der Waals surface area (Å²) in [5.41, 5.74) is 7.08. The maximum Gasteiger partial charge on any atom is 0.123 e. The largest absolute Gasteiger partial charge is 0.497 e. The average molecular weight is 273 g/mol. The lowest BCUT2D eigenvalue weighted by atomic mass is 10.1. The van der Waals surface area contributed by atoms with Crippen LogP contribution in [0, 0.1) is 0 Å². The molecule has 2 rings (SSSR count). The first-order valence-corrected chi connectivity index (χ1v) is 6.40. The SMILES string of the molecule is COc1ccc(OCC(N)c2ccccc2OC)cc1. The summed E-state index contributed by atoms with van der Waals surface area (Å²) in [7, 11) is 3.27. The highest BCUT2D eigenvalue weighted by Gasteiger charge is 2.12. The number of nitrogens with two attached hydrogens (primary N) is 1. The molecule has 0 spiro atoms. The van der Waals surface area contributed by atoms with E-state index in [1.54, 1.807) is 14.2 Å². The van der Waals surface area contributed by atoms with Gasteiger partial charge in [0.15, 0.2) is 0 Å². The summed E-state index contributed by atoms with van der Waals surface area (Å²) in [6.45, 7) is 0.382. The molecule has 1 atom stereocenters. The Balaban J connectivity index is 1.98. The molecule has 0 amide bonds. The molecule has 0 bridgehead atoms. The maximum absolute atomic E-state index is 6.15. The van der Waals surface area contributed by atoms with E-state index in [1.807, 2.05) is 48.5 Å². The van der Waals surface area contributed by atoms with Gasteiger partial charge < -0.3 is 19.9 Å². The van der Waals surface area contributed by atoms with E-state index < -0.39 is 0 Å². The zero-order chi connectivity index (χ0) is 14.4. The average Bonchev–Trinajstić information content (AvgIpc) is 2.53. The van der Waals surface area contributed by atoms with Crippen molar-refractivity contribution >= 4 is 0 Å². The number of para-hydroxylation sites is 1.